The summed E-state index contributed by atoms with van der Waals surface area (Å²) in [6, 6.07) is 12.3. The van der Waals surface area contributed by atoms with Crippen LogP contribution in [-0.4, -0.2) is 37.1 Å². The zero-order valence-corrected chi connectivity index (χ0v) is 11.8. The van der Waals surface area contributed by atoms with Gasteiger partial charge in [0.05, 0.1) is 7.11 Å². The van der Waals surface area contributed by atoms with Crippen molar-refractivity contribution < 1.29 is 14.6 Å². The molecule has 1 amide bonds. The molecule has 0 unspecified atom stereocenters. The minimum absolute atomic E-state index is 0.0565. The highest BCUT2D eigenvalue weighted by atomic mass is 16.5. The van der Waals surface area contributed by atoms with Gasteiger partial charge in [-0.15, -0.1) is 0 Å². The summed E-state index contributed by atoms with van der Waals surface area (Å²) in [6.45, 7) is 0. The molecule has 2 aromatic carbocycles. The average molecular weight is 271 g/mol. The lowest BCUT2D eigenvalue weighted by Crippen LogP contribution is -2.21. The van der Waals surface area contributed by atoms with Crippen molar-refractivity contribution in [1.82, 2.24) is 4.90 Å². The van der Waals surface area contributed by atoms with Crippen LogP contribution < -0.4 is 4.74 Å². The van der Waals surface area contributed by atoms with Crippen molar-refractivity contribution in [3.8, 4) is 22.6 Å². The number of aromatic hydroxyl groups is 1. The Morgan fingerprint density at radius 1 is 1.10 bits per heavy atom. The Labute approximate surface area is 118 Å². The zero-order chi connectivity index (χ0) is 14.7. The third kappa shape index (κ3) is 2.91. The van der Waals surface area contributed by atoms with Gasteiger partial charge in [0, 0.05) is 25.7 Å². The number of phenols is 1. The first-order valence-electron chi connectivity index (χ1n) is 6.21. The summed E-state index contributed by atoms with van der Waals surface area (Å²) in [6.07, 6.45) is 0. The van der Waals surface area contributed by atoms with Crippen molar-refractivity contribution in [2.24, 2.45) is 0 Å². The molecule has 0 fully saturated rings. The second kappa shape index (κ2) is 5.65. The average Bonchev–Trinajstić information content (AvgIpc) is 2.45. The first-order valence-corrected chi connectivity index (χ1v) is 6.21. The summed E-state index contributed by atoms with van der Waals surface area (Å²) in [5.74, 6) is 0.645. The lowest BCUT2D eigenvalue weighted by Gasteiger charge is -2.12. The van der Waals surface area contributed by atoms with Crippen molar-refractivity contribution in [2.75, 3.05) is 21.2 Å². The number of hydrogen-bond donors (Lipinski definition) is 1. The summed E-state index contributed by atoms with van der Waals surface area (Å²) in [7, 11) is 4.98. The molecule has 0 spiro atoms. The number of ether oxygens (including phenoxy) is 1. The number of rotatable bonds is 3. The molecular formula is C16H17NO3. The highest BCUT2D eigenvalue weighted by Gasteiger charge is 2.10. The van der Waals surface area contributed by atoms with E-state index in [1.54, 1.807) is 45.5 Å². The van der Waals surface area contributed by atoms with Gasteiger partial charge >= 0.3 is 0 Å². The Morgan fingerprint density at radius 2 is 1.85 bits per heavy atom. The Hall–Kier alpha value is -2.49. The van der Waals surface area contributed by atoms with Crippen molar-refractivity contribution in [3.05, 3.63) is 48.0 Å². The van der Waals surface area contributed by atoms with Gasteiger partial charge in [-0.3, -0.25) is 4.79 Å². The molecular weight excluding hydrogens is 254 g/mol. The standard InChI is InChI=1S/C16H17NO3/c1-17(2)16(19)12-6-4-5-11(7-12)13-8-14(18)10-15(9-13)20-3/h4-10,18H,1-3H3. The highest BCUT2D eigenvalue weighted by Crippen LogP contribution is 2.29. The van der Waals surface area contributed by atoms with E-state index in [2.05, 4.69) is 0 Å². The normalized spacial score (nSPS) is 10.2. The topological polar surface area (TPSA) is 49.8 Å². The quantitative estimate of drug-likeness (QED) is 0.933. The number of carbonyl (C=O) groups is 1. The van der Waals surface area contributed by atoms with Crippen LogP contribution in [0, 0.1) is 0 Å². The Kier molecular flexibility index (Phi) is 3.94. The van der Waals surface area contributed by atoms with Crippen LogP contribution in [0.25, 0.3) is 11.1 Å². The van der Waals surface area contributed by atoms with Crippen LogP contribution >= 0.6 is 0 Å². The second-order valence-corrected chi connectivity index (χ2v) is 4.70. The third-order valence-corrected chi connectivity index (χ3v) is 2.98. The molecule has 0 aliphatic heterocycles. The van der Waals surface area contributed by atoms with Crippen LogP contribution in [0.2, 0.25) is 0 Å². The Morgan fingerprint density at radius 3 is 2.50 bits per heavy atom. The van der Waals surface area contributed by atoms with Gasteiger partial charge in [0.25, 0.3) is 5.91 Å². The summed E-state index contributed by atoms with van der Waals surface area (Å²) in [4.78, 5) is 13.5. The van der Waals surface area contributed by atoms with Crippen LogP contribution in [0.5, 0.6) is 11.5 Å². The maximum absolute atomic E-state index is 12.0. The van der Waals surface area contributed by atoms with Gasteiger partial charge in [-0.25, -0.2) is 0 Å². The maximum Gasteiger partial charge on any atom is 0.253 e. The smallest absolute Gasteiger partial charge is 0.253 e. The summed E-state index contributed by atoms with van der Waals surface area (Å²) in [5, 5.41) is 9.70. The van der Waals surface area contributed by atoms with Crippen LogP contribution in [0.15, 0.2) is 42.5 Å². The van der Waals surface area contributed by atoms with Crippen molar-refractivity contribution in [3.63, 3.8) is 0 Å². The fraction of sp³-hybridized carbons (Fsp3) is 0.188. The van der Waals surface area contributed by atoms with Gasteiger partial charge < -0.3 is 14.7 Å². The highest BCUT2D eigenvalue weighted by molar-refractivity contribution is 5.95. The van der Waals surface area contributed by atoms with E-state index < -0.39 is 0 Å². The molecule has 0 bridgehead atoms. The second-order valence-electron chi connectivity index (χ2n) is 4.70. The van der Waals surface area contributed by atoms with Crippen molar-refractivity contribution in [2.45, 2.75) is 0 Å². The predicted molar refractivity (Wildman–Crippen MR) is 78.1 cm³/mol. The third-order valence-electron chi connectivity index (χ3n) is 2.98. The van der Waals surface area contributed by atoms with Gasteiger partial charge in [0.1, 0.15) is 11.5 Å². The molecule has 0 heterocycles. The molecule has 1 N–H and O–H groups in total. The molecule has 0 radical (unpaired) electrons. The largest absolute Gasteiger partial charge is 0.508 e. The zero-order valence-electron chi connectivity index (χ0n) is 11.8. The lowest BCUT2D eigenvalue weighted by molar-refractivity contribution is 0.0827. The molecule has 0 aliphatic carbocycles. The van der Waals surface area contributed by atoms with E-state index >= 15 is 0 Å². The van der Waals surface area contributed by atoms with Gasteiger partial charge in [-0.2, -0.15) is 0 Å². The van der Waals surface area contributed by atoms with Crippen LogP contribution in [0.1, 0.15) is 10.4 Å². The Bertz CT molecular complexity index is 635. The van der Waals surface area contributed by atoms with Crippen molar-refractivity contribution in [1.29, 1.82) is 0 Å². The van der Waals surface area contributed by atoms with E-state index in [4.69, 9.17) is 4.74 Å². The molecule has 4 nitrogen and oxygen atoms in total. The molecule has 0 saturated carbocycles. The predicted octanol–water partition coefficient (Wildman–Crippen LogP) is 2.77. The fourth-order valence-electron chi connectivity index (χ4n) is 1.96. The maximum atomic E-state index is 12.0. The molecule has 0 aromatic heterocycles. The van der Waals surface area contributed by atoms with E-state index in [9.17, 15) is 9.90 Å². The molecule has 0 saturated heterocycles. The minimum atomic E-state index is -0.0565. The van der Waals surface area contributed by atoms with E-state index in [0.717, 1.165) is 11.1 Å². The minimum Gasteiger partial charge on any atom is -0.508 e. The molecule has 4 heteroatoms. The van der Waals surface area contributed by atoms with E-state index in [-0.39, 0.29) is 11.7 Å². The van der Waals surface area contributed by atoms with E-state index in [1.807, 2.05) is 18.2 Å². The number of nitrogens with zero attached hydrogens (tertiary/aromatic N) is 1. The first-order chi connectivity index (χ1) is 9.51. The first kappa shape index (κ1) is 13.9. The van der Waals surface area contributed by atoms with Gasteiger partial charge in [0.2, 0.25) is 0 Å². The number of methoxy groups -OCH3 is 1. The van der Waals surface area contributed by atoms with Crippen LogP contribution in [0.3, 0.4) is 0 Å². The van der Waals surface area contributed by atoms with Gasteiger partial charge in [-0.05, 0) is 35.4 Å². The van der Waals surface area contributed by atoms with Crippen molar-refractivity contribution >= 4 is 5.91 Å². The molecule has 104 valence electrons. The number of amides is 1. The summed E-state index contributed by atoms with van der Waals surface area (Å²) in [5.41, 5.74) is 2.26. The number of carbonyl (C=O) groups excluding carboxylic acids is 1. The Balaban J connectivity index is 2.46. The molecule has 20 heavy (non-hydrogen) atoms. The van der Waals surface area contributed by atoms with E-state index in [1.165, 1.54) is 4.90 Å². The molecule has 0 aliphatic rings. The SMILES string of the molecule is COc1cc(O)cc(-c2cccc(C(=O)N(C)C)c2)c1. The van der Waals surface area contributed by atoms with Crippen LogP contribution in [0.4, 0.5) is 0 Å². The van der Waals surface area contributed by atoms with Crippen LogP contribution in [-0.2, 0) is 0 Å². The molecule has 2 aromatic rings. The van der Waals surface area contributed by atoms with Gasteiger partial charge in [-0.1, -0.05) is 12.1 Å². The number of phenolic OH excluding ortho intramolecular Hbond substituents is 1. The lowest BCUT2D eigenvalue weighted by atomic mass is 10.0. The summed E-state index contributed by atoms with van der Waals surface area (Å²) >= 11 is 0. The number of benzene rings is 2. The monoisotopic (exact) mass is 271 g/mol. The number of hydrogen-bond acceptors (Lipinski definition) is 3. The molecule has 0 atom stereocenters. The van der Waals surface area contributed by atoms with Gasteiger partial charge in [0.15, 0.2) is 0 Å². The summed E-state index contributed by atoms with van der Waals surface area (Å²) < 4.78 is 5.14. The molecule has 2 rings (SSSR count). The fourth-order valence-corrected chi connectivity index (χ4v) is 1.96. The van der Waals surface area contributed by atoms with E-state index in [0.29, 0.717) is 11.3 Å².